The van der Waals surface area contributed by atoms with Crippen LogP contribution >= 0.6 is 11.8 Å². The molecule has 12 heteroatoms. The van der Waals surface area contributed by atoms with Crippen molar-refractivity contribution in [1.82, 2.24) is 15.2 Å². The molecule has 2 fully saturated rings. The van der Waals surface area contributed by atoms with Crippen molar-refractivity contribution in [2.24, 2.45) is 5.92 Å². The Labute approximate surface area is 381 Å². The highest BCUT2D eigenvalue weighted by molar-refractivity contribution is 7.99. The Kier molecular flexibility index (Phi) is 13.3. The molecule has 2 N–H and O–H groups in total. The summed E-state index contributed by atoms with van der Waals surface area (Å²) < 4.78 is 25.3. The number of ether oxygens (including phenoxy) is 3. The van der Waals surface area contributed by atoms with Crippen LogP contribution < -0.4 is 5.32 Å². The van der Waals surface area contributed by atoms with Gasteiger partial charge in [-0.3, -0.25) is 14.5 Å². The SMILES string of the molecule is C[C@H]1[C@@H](CSc2nc(-c3ccccc3)c(-c3ccccc3)o2)O[C@@H](c2ccc(-c3cccc(CN4C(=O)CC(NC(=O)OCc5ccccc5)C4=O)c3)cc2)O[C@H]1c1ccc(CO)cc1. The number of nitrogens with one attached hydrogen (secondary N) is 1. The third kappa shape index (κ3) is 10.1. The number of oxazole rings is 1. The minimum absolute atomic E-state index is 0.0476. The Hall–Kier alpha value is -6.83. The van der Waals surface area contributed by atoms with Crippen LogP contribution in [0.15, 0.2) is 173 Å². The number of benzene rings is 6. The molecule has 9 rings (SSSR count). The van der Waals surface area contributed by atoms with Gasteiger partial charge in [0.15, 0.2) is 12.1 Å². The van der Waals surface area contributed by atoms with E-state index >= 15 is 0 Å². The molecule has 2 saturated heterocycles. The highest BCUT2D eigenvalue weighted by atomic mass is 32.2. The van der Waals surface area contributed by atoms with Crippen LogP contribution in [-0.4, -0.2) is 50.8 Å². The first-order valence-electron chi connectivity index (χ1n) is 21.6. The van der Waals surface area contributed by atoms with Crippen molar-refractivity contribution >= 4 is 29.7 Å². The maximum Gasteiger partial charge on any atom is 0.408 e. The number of likely N-dealkylation sites (tertiary alicyclic amines) is 1. The van der Waals surface area contributed by atoms with E-state index in [9.17, 15) is 19.5 Å². The van der Waals surface area contributed by atoms with Crippen molar-refractivity contribution in [2.75, 3.05) is 5.75 Å². The molecule has 7 aromatic rings. The van der Waals surface area contributed by atoms with Gasteiger partial charge < -0.3 is 29.1 Å². The van der Waals surface area contributed by atoms with Crippen LogP contribution in [0.25, 0.3) is 33.7 Å². The fourth-order valence-electron chi connectivity index (χ4n) is 8.14. The predicted molar refractivity (Wildman–Crippen MR) is 247 cm³/mol. The molecule has 1 unspecified atom stereocenters. The third-order valence-electron chi connectivity index (χ3n) is 11.7. The number of thioether (sulfide) groups is 1. The smallest absolute Gasteiger partial charge is 0.408 e. The number of aliphatic hydroxyl groups excluding tert-OH is 1. The Morgan fingerprint density at radius 3 is 2.09 bits per heavy atom. The third-order valence-corrected chi connectivity index (χ3v) is 12.6. The summed E-state index contributed by atoms with van der Waals surface area (Å²) in [6.07, 6.45) is -2.14. The average Bonchev–Trinajstić information content (AvgIpc) is 3.90. The van der Waals surface area contributed by atoms with Crippen molar-refractivity contribution in [3.8, 4) is 33.7 Å². The minimum atomic E-state index is -0.992. The lowest BCUT2D eigenvalue weighted by molar-refractivity contribution is -0.268. The molecule has 1 aromatic heterocycles. The maximum absolute atomic E-state index is 13.3. The standard InChI is InChI=1S/C53H47N3O8S/c1-34-45(33-65-53-55-47(39-15-7-3-8-16-39)49(64-53)40-17-9-4-10-18-40)62-51(63-48(34)41-22-20-35(31-57)21-23-41)42-26-24-38(25-27-42)43-19-11-14-37(28-43)30-56-46(58)29-44(50(56)59)54-52(60)61-32-36-12-5-2-6-13-36/h2-28,34,44-45,48,51,57H,29-33H2,1H3,(H,54,60)/t34-,44?,45+,48+,51+/m0/s1. The molecule has 2 aliphatic rings. The molecule has 3 heterocycles. The second kappa shape index (κ2) is 19.9. The van der Waals surface area contributed by atoms with Gasteiger partial charge in [0.05, 0.1) is 31.8 Å². The monoisotopic (exact) mass is 885 g/mol. The van der Waals surface area contributed by atoms with Gasteiger partial charge in [0.1, 0.15) is 18.3 Å². The zero-order chi connectivity index (χ0) is 44.7. The molecular formula is C53H47N3O8S. The van der Waals surface area contributed by atoms with Crippen LogP contribution in [0.2, 0.25) is 0 Å². The molecule has 0 radical (unpaired) electrons. The molecule has 11 nitrogen and oxygen atoms in total. The summed E-state index contributed by atoms with van der Waals surface area (Å²) in [6.45, 7) is 2.20. The van der Waals surface area contributed by atoms with Gasteiger partial charge in [-0.1, -0.05) is 176 Å². The van der Waals surface area contributed by atoms with Crippen molar-refractivity contribution in [3.05, 3.63) is 192 Å². The fourth-order valence-corrected chi connectivity index (χ4v) is 9.12. The highest BCUT2D eigenvalue weighted by Crippen LogP contribution is 2.44. The lowest BCUT2D eigenvalue weighted by atomic mass is 9.91. The number of aromatic nitrogens is 1. The van der Waals surface area contributed by atoms with E-state index in [-0.39, 0.29) is 50.2 Å². The molecule has 5 atom stereocenters. The topological polar surface area (TPSA) is 140 Å². The van der Waals surface area contributed by atoms with E-state index in [1.807, 2.05) is 164 Å². The first-order valence-corrected chi connectivity index (χ1v) is 22.5. The number of imide groups is 1. The Balaban J connectivity index is 0.893. The average molecular weight is 886 g/mol. The van der Waals surface area contributed by atoms with Gasteiger partial charge in [-0.2, -0.15) is 0 Å². The number of carbonyl (C=O) groups is 3. The molecule has 0 saturated carbocycles. The number of hydrogen-bond acceptors (Lipinski definition) is 10. The van der Waals surface area contributed by atoms with Crippen molar-refractivity contribution in [3.63, 3.8) is 0 Å². The number of rotatable bonds is 14. The van der Waals surface area contributed by atoms with E-state index < -0.39 is 24.3 Å². The Morgan fingerprint density at radius 1 is 0.738 bits per heavy atom. The van der Waals surface area contributed by atoms with Gasteiger partial charge in [0.2, 0.25) is 5.91 Å². The zero-order valence-corrected chi connectivity index (χ0v) is 36.4. The molecular weight excluding hydrogens is 839 g/mol. The molecule has 3 amide bonds. The normalized spacial score (nSPS) is 19.6. The molecule has 2 aliphatic heterocycles. The number of carbonyl (C=O) groups excluding carboxylic acids is 3. The summed E-state index contributed by atoms with van der Waals surface area (Å²) in [4.78, 5) is 44.9. The zero-order valence-electron chi connectivity index (χ0n) is 35.6. The highest BCUT2D eigenvalue weighted by Gasteiger charge is 2.40. The number of nitrogens with zero attached hydrogens (tertiary/aromatic N) is 2. The van der Waals surface area contributed by atoms with Crippen LogP contribution in [0.3, 0.4) is 0 Å². The molecule has 6 aromatic carbocycles. The Bertz CT molecular complexity index is 2680. The lowest BCUT2D eigenvalue weighted by Crippen LogP contribution is -2.41. The van der Waals surface area contributed by atoms with E-state index in [2.05, 4.69) is 12.2 Å². The summed E-state index contributed by atoms with van der Waals surface area (Å²) in [5.74, 6) is 0.373. The fraction of sp³-hybridized carbons (Fsp3) is 0.208. The number of amides is 3. The minimum Gasteiger partial charge on any atom is -0.445 e. The number of hydrogen-bond donors (Lipinski definition) is 2. The van der Waals surface area contributed by atoms with Crippen LogP contribution in [-0.2, 0) is 43.6 Å². The second-order valence-corrected chi connectivity index (χ2v) is 17.1. The second-order valence-electron chi connectivity index (χ2n) is 16.1. The van der Waals surface area contributed by atoms with Crippen LogP contribution in [0.1, 0.15) is 53.6 Å². The van der Waals surface area contributed by atoms with Gasteiger partial charge in [-0.25, -0.2) is 9.78 Å². The summed E-state index contributed by atoms with van der Waals surface area (Å²) in [7, 11) is 0. The van der Waals surface area contributed by atoms with Crippen LogP contribution in [0, 0.1) is 5.92 Å². The Morgan fingerprint density at radius 2 is 1.38 bits per heavy atom. The van der Waals surface area contributed by atoms with Crippen molar-refractivity contribution in [2.45, 2.75) is 62.9 Å². The molecule has 65 heavy (non-hydrogen) atoms. The summed E-state index contributed by atoms with van der Waals surface area (Å²) in [6, 6.07) is 51.8. The van der Waals surface area contributed by atoms with E-state index in [4.69, 9.17) is 23.6 Å². The van der Waals surface area contributed by atoms with E-state index in [0.29, 0.717) is 16.7 Å². The van der Waals surface area contributed by atoms with Gasteiger partial charge in [0, 0.05) is 28.4 Å². The van der Waals surface area contributed by atoms with E-state index in [1.165, 1.54) is 16.7 Å². The number of alkyl carbamates (subject to hydrolysis) is 1. The molecule has 0 aliphatic carbocycles. The molecule has 0 spiro atoms. The van der Waals surface area contributed by atoms with Gasteiger partial charge in [0.25, 0.3) is 11.1 Å². The summed E-state index contributed by atoms with van der Waals surface area (Å²) >= 11 is 1.51. The first kappa shape index (κ1) is 43.4. The van der Waals surface area contributed by atoms with Crippen LogP contribution in [0.5, 0.6) is 0 Å². The summed E-state index contributed by atoms with van der Waals surface area (Å²) in [5.41, 5.74) is 8.75. The molecule has 0 bridgehead atoms. The lowest BCUT2D eigenvalue weighted by Gasteiger charge is -2.41. The number of aliphatic hydroxyl groups is 1. The van der Waals surface area contributed by atoms with E-state index in [0.717, 1.165) is 55.8 Å². The van der Waals surface area contributed by atoms with E-state index in [1.54, 1.807) is 0 Å². The van der Waals surface area contributed by atoms with Crippen molar-refractivity contribution in [1.29, 1.82) is 0 Å². The first-order chi connectivity index (χ1) is 31.8. The predicted octanol–water partition coefficient (Wildman–Crippen LogP) is 10.3. The van der Waals surface area contributed by atoms with Gasteiger partial charge in [-0.05, 0) is 39.4 Å². The largest absolute Gasteiger partial charge is 0.445 e. The van der Waals surface area contributed by atoms with Gasteiger partial charge >= 0.3 is 6.09 Å². The van der Waals surface area contributed by atoms with Gasteiger partial charge in [-0.15, -0.1) is 0 Å². The summed E-state index contributed by atoms with van der Waals surface area (Å²) in [5, 5.41) is 12.8. The molecule has 328 valence electrons. The van der Waals surface area contributed by atoms with Crippen molar-refractivity contribution < 1.29 is 38.1 Å². The van der Waals surface area contributed by atoms with Crippen LogP contribution in [0.4, 0.5) is 4.79 Å². The maximum atomic E-state index is 13.3. The quantitative estimate of drug-likeness (QED) is 0.0801.